The molecule has 1 aromatic heterocycles. The second-order valence-corrected chi connectivity index (χ2v) is 7.80. The normalized spacial score (nSPS) is 11.0. The Bertz CT molecular complexity index is 1110. The standard InChI is InChI=1S/C21H15BrN4OS/c22-16-7-11-18(12-8-16)24-21-26-25-20(28-21)14-5-9-17(10-6-14)23-13-15-3-1-2-4-19(15)27/h1-13,27H,(H,24,26). The van der Waals surface area contributed by atoms with E-state index in [0.29, 0.717) is 5.56 Å². The van der Waals surface area contributed by atoms with Gasteiger partial charge in [0.15, 0.2) is 0 Å². The van der Waals surface area contributed by atoms with Gasteiger partial charge in [0, 0.05) is 27.5 Å². The van der Waals surface area contributed by atoms with Crippen LogP contribution in [0.4, 0.5) is 16.5 Å². The first-order chi connectivity index (χ1) is 13.7. The molecule has 2 N–H and O–H groups in total. The zero-order valence-corrected chi connectivity index (χ0v) is 17.0. The monoisotopic (exact) mass is 450 g/mol. The van der Waals surface area contributed by atoms with Crippen molar-refractivity contribution in [3.05, 3.63) is 82.8 Å². The number of hydrogen-bond donors (Lipinski definition) is 2. The van der Waals surface area contributed by atoms with Crippen LogP contribution in [0.5, 0.6) is 5.75 Å². The SMILES string of the molecule is Oc1ccccc1C=Nc1ccc(-c2nnc(Nc3ccc(Br)cc3)s2)cc1. The Balaban J connectivity index is 1.46. The molecule has 0 unspecified atom stereocenters. The van der Waals surface area contributed by atoms with Gasteiger partial charge in [-0.2, -0.15) is 0 Å². The number of nitrogens with zero attached hydrogens (tertiary/aromatic N) is 3. The van der Waals surface area contributed by atoms with Crippen molar-refractivity contribution in [1.29, 1.82) is 0 Å². The zero-order chi connectivity index (χ0) is 19.3. The summed E-state index contributed by atoms with van der Waals surface area (Å²) in [4.78, 5) is 4.41. The van der Waals surface area contributed by atoms with Crippen molar-refractivity contribution in [2.24, 2.45) is 4.99 Å². The van der Waals surface area contributed by atoms with Gasteiger partial charge in [0.05, 0.1) is 5.69 Å². The summed E-state index contributed by atoms with van der Waals surface area (Å²) in [6.45, 7) is 0. The molecule has 0 amide bonds. The first-order valence-electron chi connectivity index (χ1n) is 8.46. The molecule has 4 rings (SSSR count). The summed E-state index contributed by atoms with van der Waals surface area (Å²) in [5.74, 6) is 0.211. The first kappa shape index (κ1) is 18.3. The van der Waals surface area contributed by atoms with E-state index in [1.807, 2.05) is 60.7 Å². The number of phenols is 1. The third-order valence-electron chi connectivity index (χ3n) is 3.92. The van der Waals surface area contributed by atoms with Crippen LogP contribution < -0.4 is 5.32 Å². The molecule has 7 heteroatoms. The van der Waals surface area contributed by atoms with Crippen LogP contribution in [-0.4, -0.2) is 21.5 Å². The fourth-order valence-corrected chi connectivity index (χ4v) is 3.51. The lowest BCUT2D eigenvalue weighted by atomic mass is 10.2. The number of rotatable bonds is 5. The number of aromatic hydroxyl groups is 1. The Kier molecular flexibility index (Phi) is 5.45. The molecule has 0 radical (unpaired) electrons. The van der Waals surface area contributed by atoms with E-state index in [1.54, 1.807) is 18.3 Å². The van der Waals surface area contributed by atoms with Gasteiger partial charge in [-0.1, -0.05) is 39.4 Å². The maximum Gasteiger partial charge on any atom is 0.210 e. The van der Waals surface area contributed by atoms with Crippen LogP contribution in [0, 0.1) is 0 Å². The van der Waals surface area contributed by atoms with Crippen LogP contribution in [0.2, 0.25) is 0 Å². The molecule has 0 fully saturated rings. The lowest BCUT2D eigenvalue weighted by Gasteiger charge is -2.01. The Morgan fingerprint density at radius 1 is 0.929 bits per heavy atom. The predicted molar refractivity (Wildman–Crippen MR) is 118 cm³/mol. The van der Waals surface area contributed by atoms with Crippen molar-refractivity contribution in [2.75, 3.05) is 5.32 Å². The highest BCUT2D eigenvalue weighted by molar-refractivity contribution is 9.10. The Morgan fingerprint density at radius 3 is 2.43 bits per heavy atom. The zero-order valence-electron chi connectivity index (χ0n) is 14.6. The summed E-state index contributed by atoms with van der Waals surface area (Å²) in [6, 6.07) is 22.7. The van der Waals surface area contributed by atoms with Gasteiger partial charge in [-0.05, 0) is 60.7 Å². The molecule has 0 atom stereocenters. The minimum atomic E-state index is 0.211. The van der Waals surface area contributed by atoms with E-state index in [4.69, 9.17) is 0 Å². The van der Waals surface area contributed by atoms with Crippen molar-refractivity contribution in [2.45, 2.75) is 0 Å². The fraction of sp³-hybridized carbons (Fsp3) is 0. The molecule has 5 nitrogen and oxygen atoms in total. The molecule has 0 saturated heterocycles. The van der Waals surface area contributed by atoms with Crippen molar-refractivity contribution in [3.8, 4) is 16.3 Å². The molecule has 138 valence electrons. The van der Waals surface area contributed by atoms with Gasteiger partial charge in [-0.3, -0.25) is 4.99 Å². The number of phenolic OH excluding ortho intramolecular Hbond substituents is 1. The number of aliphatic imine (C=N–C) groups is 1. The minimum absolute atomic E-state index is 0.211. The summed E-state index contributed by atoms with van der Waals surface area (Å²) >= 11 is 4.91. The highest BCUT2D eigenvalue weighted by Crippen LogP contribution is 2.30. The number of benzene rings is 3. The van der Waals surface area contributed by atoms with Gasteiger partial charge < -0.3 is 10.4 Å². The summed E-state index contributed by atoms with van der Waals surface area (Å²) in [5.41, 5.74) is 3.41. The molecule has 0 aliphatic rings. The number of para-hydroxylation sites is 1. The van der Waals surface area contributed by atoms with Gasteiger partial charge >= 0.3 is 0 Å². The van der Waals surface area contributed by atoms with Crippen LogP contribution >= 0.6 is 27.3 Å². The van der Waals surface area contributed by atoms with E-state index in [2.05, 4.69) is 36.4 Å². The van der Waals surface area contributed by atoms with Gasteiger partial charge in [0.25, 0.3) is 0 Å². The average molecular weight is 451 g/mol. The third-order valence-corrected chi connectivity index (χ3v) is 5.34. The molecule has 0 aliphatic heterocycles. The number of anilines is 2. The number of halogens is 1. The van der Waals surface area contributed by atoms with Crippen LogP contribution in [0.1, 0.15) is 5.56 Å². The second-order valence-electron chi connectivity index (χ2n) is 5.91. The maximum atomic E-state index is 9.79. The Labute approximate surface area is 174 Å². The van der Waals surface area contributed by atoms with Crippen LogP contribution in [0.3, 0.4) is 0 Å². The van der Waals surface area contributed by atoms with E-state index in [0.717, 1.165) is 31.6 Å². The van der Waals surface area contributed by atoms with E-state index in [-0.39, 0.29) is 5.75 Å². The molecule has 4 aromatic rings. The maximum absolute atomic E-state index is 9.79. The van der Waals surface area contributed by atoms with Crippen molar-refractivity contribution in [1.82, 2.24) is 10.2 Å². The lowest BCUT2D eigenvalue weighted by molar-refractivity contribution is 0.474. The van der Waals surface area contributed by atoms with Crippen LogP contribution in [0.25, 0.3) is 10.6 Å². The van der Waals surface area contributed by atoms with Crippen LogP contribution in [-0.2, 0) is 0 Å². The third kappa shape index (κ3) is 4.44. The van der Waals surface area contributed by atoms with E-state index >= 15 is 0 Å². The first-order valence-corrected chi connectivity index (χ1v) is 10.1. The summed E-state index contributed by atoms with van der Waals surface area (Å²) < 4.78 is 1.03. The van der Waals surface area contributed by atoms with Gasteiger partial charge in [0.1, 0.15) is 10.8 Å². The molecule has 0 bridgehead atoms. The number of aromatic nitrogens is 2. The van der Waals surface area contributed by atoms with Crippen molar-refractivity contribution < 1.29 is 5.11 Å². The van der Waals surface area contributed by atoms with Crippen molar-refractivity contribution in [3.63, 3.8) is 0 Å². The van der Waals surface area contributed by atoms with Crippen molar-refractivity contribution >= 4 is 50.0 Å². The smallest absolute Gasteiger partial charge is 0.210 e. The molecule has 0 aliphatic carbocycles. The molecular weight excluding hydrogens is 436 g/mol. The minimum Gasteiger partial charge on any atom is -0.507 e. The molecule has 1 heterocycles. The topological polar surface area (TPSA) is 70.4 Å². The fourth-order valence-electron chi connectivity index (χ4n) is 2.48. The van der Waals surface area contributed by atoms with Gasteiger partial charge in [-0.25, -0.2) is 0 Å². The summed E-state index contributed by atoms with van der Waals surface area (Å²) in [5, 5.41) is 23.1. The molecule has 3 aromatic carbocycles. The van der Waals surface area contributed by atoms with E-state index < -0.39 is 0 Å². The highest BCUT2D eigenvalue weighted by Gasteiger charge is 2.07. The second kappa shape index (κ2) is 8.33. The van der Waals surface area contributed by atoms with Gasteiger partial charge in [-0.15, -0.1) is 10.2 Å². The molecule has 0 spiro atoms. The average Bonchev–Trinajstić information content (AvgIpc) is 3.18. The van der Waals surface area contributed by atoms with Crippen LogP contribution in [0.15, 0.2) is 82.3 Å². The van der Waals surface area contributed by atoms with E-state index in [1.165, 1.54) is 11.3 Å². The number of hydrogen-bond acceptors (Lipinski definition) is 6. The molecule has 0 saturated carbocycles. The summed E-state index contributed by atoms with van der Waals surface area (Å²) in [6.07, 6.45) is 1.65. The molecule has 28 heavy (non-hydrogen) atoms. The highest BCUT2D eigenvalue weighted by atomic mass is 79.9. The van der Waals surface area contributed by atoms with E-state index in [9.17, 15) is 5.11 Å². The van der Waals surface area contributed by atoms with Gasteiger partial charge in [0.2, 0.25) is 5.13 Å². The molecular formula is C21H15BrN4OS. The Morgan fingerprint density at radius 2 is 1.68 bits per heavy atom. The quantitative estimate of drug-likeness (QED) is 0.356. The summed E-state index contributed by atoms with van der Waals surface area (Å²) in [7, 11) is 0. The lowest BCUT2D eigenvalue weighted by Crippen LogP contribution is -1.88. The number of nitrogens with one attached hydrogen (secondary N) is 1. The largest absolute Gasteiger partial charge is 0.507 e. The predicted octanol–water partition coefficient (Wildman–Crippen LogP) is 6.17. The Hall–Kier alpha value is -3.03.